The molecule has 0 unspecified atom stereocenters. The number of H-pyrrole nitrogens is 1. The molecule has 144 valence electrons. The van der Waals surface area contributed by atoms with Crippen molar-refractivity contribution in [2.45, 2.75) is 4.90 Å². The third-order valence-electron chi connectivity index (χ3n) is 5.16. The van der Waals surface area contributed by atoms with Crippen LogP contribution in [0.4, 0.5) is 0 Å². The SMILES string of the molecule is O=c1[nH]cc(-c2cccc(S)c2)c2nc(-c3ccccc3)c(-c3ccccc3)cc12. The van der Waals surface area contributed by atoms with Crippen molar-refractivity contribution in [2.24, 2.45) is 0 Å². The summed E-state index contributed by atoms with van der Waals surface area (Å²) >= 11 is 4.47. The number of aromatic amines is 1. The van der Waals surface area contributed by atoms with E-state index in [4.69, 9.17) is 4.98 Å². The zero-order valence-corrected chi connectivity index (χ0v) is 16.9. The number of aromatic nitrogens is 2. The second-order valence-electron chi connectivity index (χ2n) is 7.09. The van der Waals surface area contributed by atoms with Crippen molar-refractivity contribution >= 4 is 23.5 Å². The first kappa shape index (κ1) is 18.4. The highest BCUT2D eigenvalue weighted by Gasteiger charge is 2.16. The van der Waals surface area contributed by atoms with Crippen LogP contribution in [-0.2, 0) is 0 Å². The van der Waals surface area contributed by atoms with Gasteiger partial charge in [-0.3, -0.25) is 4.79 Å². The van der Waals surface area contributed by atoms with E-state index in [-0.39, 0.29) is 5.56 Å². The number of nitrogens with one attached hydrogen (secondary N) is 1. The zero-order chi connectivity index (χ0) is 20.5. The molecule has 2 heterocycles. The molecule has 0 aliphatic carbocycles. The summed E-state index contributed by atoms with van der Waals surface area (Å²) in [6, 6.07) is 29.9. The molecule has 0 fully saturated rings. The van der Waals surface area contributed by atoms with Crippen LogP contribution in [0.3, 0.4) is 0 Å². The number of pyridine rings is 2. The molecule has 3 nitrogen and oxygen atoms in total. The lowest BCUT2D eigenvalue weighted by molar-refractivity contribution is 1.25. The fourth-order valence-corrected chi connectivity index (χ4v) is 3.95. The minimum absolute atomic E-state index is 0.153. The van der Waals surface area contributed by atoms with E-state index in [0.29, 0.717) is 10.9 Å². The summed E-state index contributed by atoms with van der Waals surface area (Å²) in [6.07, 6.45) is 1.73. The monoisotopic (exact) mass is 406 g/mol. The van der Waals surface area contributed by atoms with Gasteiger partial charge >= 0.3 is 0 Å². The Labute approximate surface area is 179 Å². The second-order valence-corrected chi connectivity index (χ2v) is 7.61. The summed E-state index contributed by atoms with van der Waals surface area (Å²) < 4.78 is 0. The molecular formula is C26H18N2OS. The number of rotatable bonds is 3. The van der Waals surface area contributed by atoms with Gasteiger partial charge in [-0.05, 0) is 29.3 Å². The largest absolute Gasteiger partial charge is 0.328 e. The van der Waals surface area contributed by atoms with E-state index in [1.165, 1.54) is 0 Å². The second kappa shape index (κ2) is 7.65. The van der Waals surface area contributed by atoms with E-state index in [1.807, 2.05) is 91.0 Å². The Kier molecular flexibility index (Phi) is 4.69. The fraction of sp³-hybridized carbons (Fsp3) is 0. The standard InChI is InChI=1S/C26H18N2OS/c29-26-22-15-21(17-8-3-1-4-9-17)24(18-10-5-2-6-11-18)28-25(22)23(16-27-26)19-12-7-13-20(30)14-19/h1-16,30H,(H,27,29). The van der Waals surface area contributed by atoms with Crippen molar-refractivity contribution in [3.8, 4) is 33.5 Å². The Morgan fingerprint density at radius 1 is 0.700 bits per heavy atom. The maximum atomic E-state index is 12.7. The number of hydrogen-bond donors (Lipinski definition) is 2. The Morgan fingerprint density at radius 2 is 1.37 bits per heavy atom. The Balaban J connectivity index is 1.88. The summed E-state index contributed by atoms with van der Waals surface area (Å²) in [5, 5.41) is 0.565. The summed E-state index contributed by atoms with van der Waals surface area (Å²) in [5.74, 6) is 0. The van der Waals surface area contributed by atoms with E-state index in [2.05, 4.69) is 17.6 Å². The van der Waals surface area contributed by atoms with Gasteiger partial charge in [0.15, 0.2) is 0 Å². The molecule has 2 aromatic heterocycles. The molecule has 5 rings (SSSR count). The highest BCUT2D eigenvalue weighted by molar-refractivity contribution is 7.80. The number of thiol groups is 1. The molecular weight excluding hydrogens is 388 g/mol. The van der Waals surface area contributed by atoms with Crippen LogP contribution in [-0.4, -0.2) is 9.97 Å². The number of nitrogens with zero attached hydrogens (tertiary/aromatic N) is 1. The van der Waals surface area contributed by atoms with Gasteiger partial charge in [-0.2, -0.15) is 0 Å². The van der Waals surface area contributed by atoms with Crippen molar-refractivity contribution in [1.82, 2.24) is 9.97 Å². The molecule has 4 heteroatoms. The van der Waals surface area contributed by atoms with Gasteiger partial charge in [-0.15, -0.1) is 12.6 Å². The molecule has 0 bridgehead atoms. The zero-order valence-electron chi connectivity index (χ0n) is 16.0. The smallest absolute Gasteiger partial charge is 0.257 e. The molecule has 3 aromatic carbocycles. The van der Waals surface area contributed by atoms with Crippen LogP contribution >= 0.6 is 12.6 Å². The van der Waals surface area contributed by atoms with E-state index in [9.17, 15) is 4.79 Å². The topological polar surface area (TPSA) is 45.8 Å². The molecule has 0 saturated heterocycles. The normalized spacial score (nSPS) is 11.0. The Hall–Kier alpha value is -3.63. The van der Waals surface area contributed by atoms with Gasteiger partial charge in [-0.1, -0.05) is 72.8 Å². The van der Waals surface area contributed by atoms with E-state index < -0.39 is 0 Å². The highest BCUT2D eigenvalue weighted by atomic mass is 32.1. The van der Waals surface area contributed by atoms with Crippen molar-refractivity contribution in [1.29, 1.82) is 0 Å². The van der Waals surface area contributed by atoms with Crippen LogP contribution in [0.15, 0.2) is 107 Å². The van der Waals surface area contributed by atoms with Crippen LogP contribution in [0.2, 0.25) is 0 Å². The predicted octanol–water partition coefficient (Wildman–Crippen LogP) is 6.21. The molecule has 0 aliphatic heterocycles. The van der Waals surface area contributed by atoms with Crippen LogP contribution in [0.25, 0.3) is 44.4 Å². The third-order valence-corrected chi connectivity index (χ3v) is 5.44. The van der Waals surface area contributed by atoms with Crippen molar-refractivity contribution in [2.75, 3.05) is 0 Å². The van der Waals surface area contributed by atoms with E-state index in [0.717, 1.165) is 38.4 Å². The van der Waals surface area contributed by atoms with Gasteiger partial charge in [0.1, 0.15) is 0 Å². The average molecular weight is 407 g/mol. The quantitative estimate of drug-likeness (QED) is 0.350. The predicted molar refractivity (Wildman–Crippen MR) is 126 cm³/mol. The summed E-state index contributed by atoms with van der Waals surface area (Å²) in [4.78, 5) is 21.5. The minimum atomic E-state index is -0.153. The lowest BCUT2D eigenvalue weighted by Gasteiger charge is -2.13. The van der Waals surface area contributed by atoms with Crippen molar-refractivity contribution in [3.63, 3.8) is 0 Å². The third kappa shape index (κ3) is 3.31. The van der Waals surface area contributed by atoms with Gasteiger partial charge in [0.2, 0.25) is 0 Å². The van der Waals surface area contributed by atoms with Gasteiger partial charge in [0.25, 0.3) is 5.56 Å². The molecule has 1 N–H and O–H groups in total. The Morgan fingerprint density at radius 3 is 2.07 bits per heavy atom. The number of hydrogen-bond acceptors (Lipinski definition) is 3. The van der Waals surface area contributed by atoms with Crippen LogP contribution in [0, 0.1) is 0 Å². The maximum Gasteiger partial charge on any atom is 0.257 e. The van der Waals surface area contributed by atoms with Gasteiger partial charge < -0.3 is 4.98 Å². The van der Waals surface area contributed by atoms with E-state index in [1.54, 1.807) is 6.20 Å². The first-order valence-corrected chi connectivity index (χ1v) is 10.1. The number of fused-ring (bicyclic) bond motifs is 1. The summed E-state index contributed by atoms with van der Waals surface area (Å²) in [7, 11) is 0. The van der Waals surface area contributed by atoms with Crippen LogP contribution < -0.4 is 5.56 Å². The molecule has 0 atom stereocenters. The molecule has 5 aromatic rings. The first-order chi connectivity index (χ1) is 14.7. The maximum absolute atomic E-state index is 12.7. The lowest BCUT2D eigenvalue weighted by atomic mass is 9.96. The highest BCUT2D eigenvalue weighted by Crippen LogP contribution is 2.35. The van der Waals surface area contributed by atoms with Gasteiger partial charge in [0.05, 0.1) is 16.6 Å². The average Bonchev–Trinajstić information content (AvgIpc) is 2.80. The fourth-order valence-electron chi connectivity index (χ4n) is 3.72. The summed E-state index contributed by atoms with van der Waals surface area (Å²) in [5.41, 5.74) is 6.17. The van der Waals surface area contributed by atoms with Crippen LogP contribution in [0.1, 0.15) is 0 Å². The van der Waals surface area contributed by atoms with E-state index >= 15 is 0 Å². The van der Waals surface area contributed by atoms with Gasteiger partial charge in [-0.25, -0.2) is 4.98 Å². The lowest BCUT2D eigenvalue weighted by Crippen LogP contribution is -2.08. The van der Waals surface area contributed by atoms with Crippen LogP contribution in [0.5, 0.6) is 0 Å². The molecule has 0 saturated carbocycles. The molecule has 0 amide bonds. The van der Waals surface area contributed by atoms with Gasteiger partial charge in [0, 0.05) is 27.8 Å². The molecule has 0 radical (unpaired) electrons. The first-order valence-electron chi connectivity index (χ1n) is 9.67. The summed E-state index contributed by atoms with van der Waals surface area (Å²) in [6.45, 7) is 0. The molecule has 0 aliphatic rings. The van der Waals surface area contributed by atoms with Crippen molar-refractivity contribution < 1.29 is 0 Å². The molecule has 30 heavy (non-hydrogen) atoms. The Bertz CT molecular complexity index is 1410. The molecule has 0 spiro atoms. The number of benzene rings is 3. The minimum Gasteiger partial charge on any atom is -0.328 e. The van der Waals surface area contributed by atoms with Crippen molar-refractivity contribution in [3.05, 3.63) is 108 Å².